The fourth-order valence-corrected chi connectivity index (χ4v) is 5.53. The molecule has 0 aliphatic rings. The first-order valence-electron chi connectivity index (χ1n) is 8.70. The van der Waals surface area contributed by atoms with E-state index in [1.165, 1.54) is 22.7 Å². The van der Waals surface area contributed by atoms with E-state index in [0.29, 0.717) is 19.8 Å². The van der Waals surface area contributed by atoms with Gasteiger partial charge in [-0.05, 0) is 12.1 Å². The minimum atomic E-state index is -0.537. The van der Waals surface area contributed by atoms with Gasteiger partial charge in [0.1, 0.15) is 9.75 Å². The topological polar surface area (TPSA) is 52.6 Å². The van der Waals surface area contributed by atoms with Crippen molar-refractivity contribution in [3.8, 4) is 11.8 Å². The Hall–Kier alpha value is -2.56. The zero-order valence-electron chi connectivity index (χ0n) is 15.2. The maximum atomic E-state index is 12.2. The predicted molar refractivity (Wildman–Crippen MR) is 122 cm³/mol. The lowest BCUT2D eigenvalue weighted by Crippen LogP contribution is -2.05. The predicted octanol–water partition coefficient (Wildman–Crippen LogP) is 6.44. The number of hydrogen-bond acceptors (Lipinski definition) is 6. The van der Waals surface area contributed by atoms with E-state index in [1.807, 2.05) is 48.5 Å². The molecular formula is C22H12Cl2O4S2. The first kappa shape index (κ1) is 20.7. The van der Waals surface area contributed by atoms with Crippen molar-refractivity contribution in [3.05, 3.63) is 68.3 Å². The molecular weight excluding hydrogens is 463 g/mol. The summed E-state index contributed by atoms with van der Waals surface area (Å²) in [4.78, 5) is 25.1. The molecule has 150 valence electrons. The summed E-state index contributed by atoms with van der Waals surface area (Å²) in [5.41, 5.74) is 0. The van der Waals surface area contributed by atoms with Crippen LogP contribution in [0.15, 0.2) is 48.5 Å². The van der Waals surface area contributed by atoms with Crippen LogP contribution in [0.4, 0.5) is 0 Å². The molecule has 0 atom stereocenters. The number of carbonyl (C=O) groups excluding carboxylic acids is 2. The highest BCUT2D eigenvalue weighted by Crippen LogP contribution is 2.36. The fraction of sp³-hybridized carbons (Fsp3) is 0.0909. The van der Waals surface area contributed by atoms with Crippen LogP contribution in [-0.4, -0.2) is 25.2 Å². The van der Waals surface area contributed by atoms with Gasteiger partial charge in [0.2, 0.25) is 0 Å². The molecule has 30 heavy (non-hydrogen) atoms. The molecule has 0 N–H and O–H groups in total. The molecule has 0 aliphatic carbocycles. The van der Waals surface area contributed by atoms with Gasteiger partial charge < -0.3 is 9.47 Å². The van der Waals surface area contributed by atoms with Crippen LogP contribution < -0.4 is 0 Å². The van der Waals surface area contributed by atoms with E-state index >= 15 is 0 Å². The molecule has 2 aromatic heterocycles. The van der Waals surface area contributed by atoms with Crippen LogP contribution in [0.1, 0.15) is 19.3 Å². The van der Waals surface area contributed by atoms with Gasteiger partial charge in [0.05, 0.1) is 10.0 Å². The number of hydrogen-bond donors (Lipinski definition) is 0. The molecule has 0 saturated heterocycles. The molecule has 4 aromatic rings. The summed E-state index contributed by atoms with van der Waals surface area (Å²) in [6, 6.07) is 14.9. The van der Waals surface area contributed by atoms with Crippen molar-refractivity contribution in [2.24, 2.45) is 0 Å². The SMILES string of the molecule is O=C(OCC#CCOC(=O)c1sc2ccccc2c1Cl)c1sc2ccccc2c1Cl. The monoisotopic (exact) mass is 474 g/mol. The van der Waals surface area contributed by atoms with Crippen LogP contribution in [0.2, 0.25) is 10.0 Å². The summed E-state index contributed by atoms with van der Waals surface area (Å²) in [6.45, 7) is -0.269. The zero-order valence-corrected chi connectivity index (χ0v) is 18.4. The summed E-state index contributed by atoms with van der Waals surface area (Å²) >= 11 is 15.1. The molecule has 0 spiro atoms. The molecule has 0 radical (unpaired) electrons. The number of fused-ring (bicyclic) bond motifs is 2. The third kappa shape index (κ3) is 4.16. The standard InChI is InChI=1S/C22H12Cl2O4S2/c23-17-13-7-1-3-9-15(13)29-19(17)21(25)27-11-5-6-12-28-22(26)20-18(24)14-8-2-4-10-16(14)30-20/h1-4,7-10H,11-12H2. The third-order valence-electron chi connectivity index (χ3n) is 4.12. The van der Waals surface area contributed by atoms with Gasteiger partial charge in [-0.1, -0.05) is 71.4 Å². The number of benzene rings is 2. The summed E-state index contributed by atoms with van der Waals surface area (Å²) in [6.07, 6.45) is 0. The lowest BCUT2D eigenvalue weighted by atomic mass is 10.2. The third-order valence-corrected chi connectivity index (χ3v) is 7.43. The molecule has 8 heteroatoms. The van der Waals surface area contributed by atoms with Crippen LogP contribution in [0.3, 0.4) is 0 Å². The van der Waals surface area contributed by atoms with Gasteiger partial charge in [0.15, 0.2) is 13.2 Å². The highest BCUT2D eigenvalue weighted by Gasteiger charge is 2.19. The van der Waals surface area contributed by atoms with Crippen LogP contribution >= 0.6 is 45.9 Å². The number of ether oxygens (including phenoxy) is 2. The minimum absolute atomic E-state index is 0.134. The van der Waals surface area contributed by atoms with Crippen LogP contribution in [-0.2, 0) is 9.47 Å². The van der Waals surface area contributed by atoms with E-state index in [-0.39, 0.29) is 13.2 Å². The van der Waals surface area contributed by atoms with E-state index in [2.05, 4.69) is 11.8 Å². The van der Waals surface area contributed by atoms with E-state index < -0.39 is 11.9 Å². The quantitative estimate of drug-likeness (QED) is 0.252. The number of rotatable bonds is 4. The molecule has 0 amide bonds. The summed E-state index contributed by atoms with van der Waals surface area (Å²) in [7, 11) is 0. The Kier molecular flexibility index (Phi) is 6.26. The average Bonchev–Trinajstić information content (AvgIpc) is 3.28. The molecule has 2 aromatic carbocycles. The van der Waals surface area contributed by atoms with Gasteiger partial charge in [0.25, 0.3) is 0 Å². The summed E-state index contributed by atoms with van der Waals surface area (Å²) in [5, 5.41) is 2.38. The molecule has 0 saturated carbocycles. The highest BCUT2D eigenvalue weighted by molar-refractivity contribution is 7.22. The zero-order chi connectivity index (χ0) is 21.1. The van der Waals surface area contributed by atoms with E-state index in [0.717, 1.165) is 20.2 Å². The van der Waals surface area contributed by atoms with Crippen molar-refractivity contribution >= 4 is 78.0 Å². The Bertz CT molecular complexity index is 1230. The lowest BCUT2D eigenvalue weighted by Gasteiger charge is -1.99. The number of thiophene rings is 2. The molecule has 4 nitrogen and oxygen atoms in total. The smallest absolute Gasteiger partial charge is 0.350 e. The number of carbonyl (C=O) groups is 2. The second-order valence-corrected chi connectivity index (χ2v) is 8.85. The summed E-state index contributed by atoms with van der Waals surface area (Å²) < 4.78 is 12.1. The largest absolute Gasteiger partial charge is 0.448 e. The van der Waals surface area contributed by atoms with Gasteiger partial charge in [-0.3, -0.25) is 0 Å². The van der Waals surface area contributed by atoms with Gasteiger partial charge in [-0.25, -0.2) is 9.59 Å². The Morgan fingerprint density at radius 1 is 0.733 bits per heavy atom. The Labute approximate surface area is 189 Å². The minimum Gasteiger partial charge on any atom is -0.448 e. The normalized spacial score (nSPS) is 10.6. The van der Waals surface area contributed by atoms with Crippen molar-refractivity contribution in [1.82, 2.24) is 0 Å². The first-order valence-corrected chi connectivity index (χ1v) is 11.1. The maximum absolute atomic E-state index is 12.2. The fourth-order valence-electron chi connectivity index (χ4n) is 2.73. The summed E-state index contributed by atoms with van der Waals surface area (Å²) in [5.74, 6) is 4.22. The Morgan fingerprint density at radius 2 is 1.13 bits per heavy atom. The van der Waals surface area contributed by atoms with E-state index in [9.17, 15) is 9.59 Å². The number of esters is 2. The lowest BCUT2D eigenvalue weighted by molar-refractivity contribution is 0.0545. The molecule has 0 fully saturated rings. The van der Waals surface area contributed by atoms with E-state index in [1.54, 1.807) is 0 Å². The Balaban J connectivity index is 1.30. The maximum Gasteiger partial charge on any atom is 0.350 e. The highest BCUT2D eigenvalue weighted by atomic mass is 35.5. The van der Waals surface area contributed by atoms with Gasteiger partial charge in [0, 0.05) is 20.2 Å². The average molecular weight is 475 g/mol. The molecule has 0 aliphatic heterocycles. The van der Waals surface area contributed by atoms with Crippen molar-refractivity contribution in [3.63, 3.8) is 0 Å². The second-order valence-electron chi connectivity index (χ2n) is 5.99. The molecule has 4 rings (SSSR count). The van der Waals surface area contributed by atoms with Gasteiger partial charge in [-0.15, -0.1) is 22.7 Å². The van der Waals surface area contributed by atoms with Crippen molar-refractivity contribution in [2.45, 2.75) is 0 Å². The van der Waals surface area contributed by atoms with Crippen molar-refractivity contribution < 1.29 is 19.1 Å². The first-order chi connectivity index (χ1) is 14.6. The Morgan fingerprint density at radius 3 is 1.53 bits per heavy atom. The van der Waals surface area contributed by atoms with Crippen molar-refractivity contribution in [2.75, 3.05) is 13.2 Å². The molecule has 0 unspecified atom stereocenters. The molecule has 0 bridgehead atoms. The van der Waals surface area contributed by atoms with Gasteiger partial charge in [-0.2, -0.15) is 0 Å². The van der Waals surface area contributed by atoms with Crippen LogP contribution in [0, 0.1) is 11.8 Å². The van der Waals surface area contributed by atoms with E-state index in [4.69, 9.17) is 32.7 Å². The molecule has 2 heterocycles. The van der Waals surface area contributed by atoms with Crippen molar-refractivity contribution in [1.29, 1.82) is 0 Å². The number of halogens is 2. The second kappa shape index (κ2) is 9.07. The van der Waals surface area contributed by atoms with Crippen LogP contribution in [0.5, 0.6) is 0 Å². The van der Waals surface area contributed by atoms with Crippen LogP contribution in [0.25, 0.3) is 20.2 Å². The van der Waals surface area contributed by atoms with Gasteiger partial charge >= 0.3 is 11.9 Å².